The number of fused-ring (bicyclic) bond motifs is 1. The van der Waals surface area contributed by atoms with Crippen LogP contribution in [0.2, 0.25) is 0 Å². The van der Waals surface area contributed by atoms with Crippen molar-refractivity contribution in [2.75, 3.05) is 11.9 Å². The number of aromatic nitrogens is 2. The molecule has 1 aliphatic heterocycles. The Morgan fingerprint density at radius 2 is 1.89 bits per heavy atom. The van der Waals surface area contributed by atoms with Crippen molar-refractivity contribution >= 4 is 11.4 Å². The van der Waals surface area contributed by atoms with Crippen LogP contribution in [0, 0.1) is 25.7 Å². The molecule has 0 bridgehead atoms. The number of hydrogen-bond acceptors (Lipinski definition) is 5. The van der Waals surface area contributed by atoms with E-state index in [9.17, 15) is 4.91 Å². The van der Waals surface area contributed by atoms with Crippen LogP contribution >= 0.6 is 0 Å². The number of hydrogen-bond donors (Lipinski definition) is 2. The molecule has 1 aliphatic rings. The van der Waals surface area contributed by atoms with Gasteiger partial charge in [-0.05, 0) is 73.3 Å². The highest BCUT2D eigenvalue weighted by Crippen LogP contribution is 2.45. The molecule has 0 amide bonds. The fourth-order valence-electron chi connectivity index (χ4n) is 3.88. The lowest BCUT2D eigenvalue weighted by Crippen LogP contribution is -2.38. The van der Waals surface area contributed by atoms with Crippen molar-refractivity contribution in [1.82, 2.24) is 10.2 Å². The maximum Gasteiger partial charge on any atom is 0.127 e. The molecule has 1 aromatic heterocycles. The van der Waals surface area contributed by atoms with Gasteiger partial charge in [-0.3, -0.25) is 5.10 Å². The molecule has 2 aromatic carbocycles. The standard InChI is InChI=1S/C22H24N4O2/c1-13-14(2)21-18(15(3)20(13)26-27)11-22(4,28-21)12-23-17-7-5-16(6-8-17)19-9-10-24-25-19/h5-10,23H,11-12H2,1-4H3,(H,24,25). The third-order valence-corrected chi connectivity index (χ3v) is 5.69. The lowest BCUT2D eigenvalue weighted by molar-refractivity contribution is 0.130. The first-order valence-electron chi connectivity index (χ1n) is 9.40. The molecule has 1 atom stereocenters. The summed E-state index contributed by atoms with van der Waals surface area (Å²) in [6.45, 7) is 8.64. The van der Waals surface area contributed by atoms with E-state index in [1.165, 1.54) is 0 Å². The van der Waals surface area contributed by atoms with E-state index in [1.54, 1.807) is 6.20 Å². The minimum atomic E-state index is -0.381. The van der Waals surface area contributed by atoms with Crippen LogP contribution in [0.3, 0.4) is 0 Å². The average Bonchev–Trinajstić information content (AvgIpc) is 3.34. The highest BCUT2D eigenvalue weighted by Gasteiger charge is 2.38. The predicted molar refractivity (Wildman–Crippen MR) is 111 cm³/mol. The number of benzene rings is 2. The summed E-state index contributed by atoms with van der Waals surface area (Å²) in [4.78, 5) is 11.3. The Morgan fingerprint density at radius 3 is 2.54 bits per heavy atom. The Hall–Kier alpha value is -3.15. The quantitative estimate of drug-likeness (QED) is 0.599. The number of nitroso groups, excluding NO2 is 1. The second-order valence-electron chi connectivity index (χ2n) is 7.75. The fourth-order valence-corrected chi connectivity index (χ4v) is 3.88. The summed E-state index contributed by atoms with van der Waals surface area (Å²) in [5, 5.41) is 13.7. The van der Waals surface area contributed by atoms with Gasteiger partial charge in [-0.2, -0.15) is 5.10 Å². The van der Waals surface area contributed by atoms with E-state index in [-0.39, 0.29) is 5.60 Å². The van der Waals surface area contributed by atoms with E-state index >= 15 is 0 Å². The summed E-state index contributed by atoms with van der Waals surface area (Å²) in [6.07, 6.45) is 2.49. The van der Waals surface area contributed by atoms with E-state index in [0.29, 0.717) is 12.2 Å². The predicted octanol–water partition coefficient (Wildman–Crippen LogP) is 5.21. The van der Waals surface area contributed by atoms with Crippen molar-refractivity contribution in [2.24, 2.45) is 5.18 Å². The number of rotatable bonds is 5. The minimum absolute atomic E-state index is 0.381. The number of nitrogens with zero attached hydrogens (tertiary/aromatic N) is 2. The van der Waals surface area contributed by atoms with Crippen molar-refractivity contribution in [3.05, 3.63) is 63.7 Å². The first-order valence-corrected chi connectivity index (χ1v) is 9.40. The molecule has 0 fully saturated rings. The molecule has 6 nitrogen and oxygen atoms in total. The minimum Gasteiger partial charge on any atom is -0.485 e. The number of nitrogens with one attached hydrogen (secondary N) is 2. The third kappa shape index (κ3) is 3.05. The largest absolute Gasteiger partial charge is 0.485 e. The molecule has 0 saturated carbocycles. The summed E-state index contributed by atoms with van der Waals surface area (Å²) in [5.74, 6) is 0.904. The highest BCUT2D eigenvalue weighted by atomic mass is 16.5. The van der Waals surface area contributed by atoms with Crippen LogP contribution in [-0.2, 0) is 6.42 Å². The molecular formula is C22H24N4O2. The molecule has 6 heteroatoms. The maximum atomic E-state index is 11.3. The van der Waals surface area contributed by atoms with Gasteiger partial charge in [0.2, 0.25) is 0 Å². The Labute approximate surface area is 164 Å². The number of anilines is 1. The van der Waals surface area contributed by atoms with Crippen LogP contribution in [0.4, 0.5) is 11.4 Å². The van der Waals surface area contributed by atoms with E-state index < -0.39 is 0 Å². The van der Waals surface area contributed by atoms with Crippen LogP contribution < -0.4 is 10.1 Å². The zero-order chi connectivity index (χ0) is 19.9. The first kappa shape index (κ1) is 18.2. The van der Waals surface area contributed by atoms with Crippen LogP contribution in [0.1, 0.15) is 29.2 Å². The van der Waals surface area contributed by atoms with Crippen LogP contribution in [0.15, 0.2) is 41.7 Å². The van der Waals surface area contributed by atoms with E-state index in [1.807, 2.05) is 26.8 Å². The van der Waals surface area contributed by atoms with Gasteiger partial charge in [-0.15, -0.1) is 4.91 Å². The first-order chi connectivity index (χ1) is 13.4. The molecule has 0 radical (unpaired) electrons. The topological polar surface area (TPSA) is 79.4 Å². The zero-order valence-electron chi connectivity index (χ0n) is 16.6. The molecule has 144 valence electrons. The van der Waals surface area contributed by atoms with Crippen molar-refractivity contribution < 1.29 is 4.74 Å². The van der Waals surface area contributed by atoms with E-state index in [2.05, 4.69) is 51.9 Å². The molecule has 3 aromatic rings. The van der Waals surface area contributed by atoms with Gasteiger partial charge >= 0.3 is 0 Å². The lowest BCUT2D eigenvalue weighted by Gasteiger charge is -2.25. The number of ether oxygens (including phenoxy) is 1. The van der Waals surface area contributed by atoms with Gasteiger partial charge in [-0.1, -0.05) is 12.1 Å². The number of aromatic amines is 1. The molecule has 2 N–H and O–H groups in total. The van der Waals surface area contributed by atoms with E-state index in [0.717, 1.165) is 51.4 Å². The normalized spacial score (nSPS) is 17.9. The summed E-state index contributed by atoms with van der Waals surface area (Å²) >= 11 is 0. The Morgan fingerprint density at radius 1 is 1.14 bits per heavy atom. The summed E-state index contributed by atoms with van der Waals surface area (Å²) in [5.41, 5.74) is 7.21. The van der Waals surface area contributed by atoms with Gasteiger partial charge in [-0.25, -0.2) is 0 Å². The Balaban J connectivity index is 1.50. The Bertz CT molecular complexity index is 1030. The number of H-pyrrole nitrogens is 1. The molecular weight excluding hydrogens is 352 g/mol. The van der Waals surface area contributed by atoms with Crippen molar-refractivity contribution in [2.45, 2.75) is 39.7 Å². The van der Waals surface area contributed by atoms with Crippen LogP contribution in [0.25, 0.3) is 11.3 Å². The van der Waals surface area contributed by atoms with Crippen molar-refractivity contribution in [1.29, 1.82) is 0 Å². The SMILES string of the molecule is Cc1c(C)c2c(c(C)c1N=O)CC(C)(CNc1ccc(-c3ccn[nH]3)cc1)O2. The van der Waals surface area contributed by atoms with Crippen LogP contribution in [0.5, 0.6) is 5.75 Å². The molecule has 1 unspecified atom stereocenters. The van der Waals surface area contributed by atoms with Gasteiger partial charge in [0.05, 0.1) is 12.2 Å². The van der Waals surface area contributed by atoms with Crippen molar-refractivity contribution in [3.8, 4) is 17.0 Å². The smallest absolute Gasteiger partial charge is 0.127 e. The molecule has 0 aliphatic carbocycles. The average molecular weight is 376 g/mol. The van der Waals surface area contributed by atoms with E-state index in [4.69, 9.17) is 4.74 Å². The highest BCUT2D eigenvalue weighted by molar-refractivity contribution is 5.66. The van der Waals surface area contributed by atoms with Gasteiger partial charge in [0.25, 0.3) is 0 Å². The fraction of sp³-hybridized carbons (Fsp3) is 0.318. The lowest BCUT2D eigenvalue weighted by atomic mass is 9.92. The third-order valence-electron chi connectivity index (χ3n) is 5.69. The van der Waals surface area contributed by atoms with Crippen LogP contribution in [-0.4, -0.2) is 22.3 Å². The zero-order valence-corrected chi connectivity index (χ0v) is 16.6. The summed E-state index contributed by atoms with van der Waals surface area (Å²) in [6, 6.07) is 10.2. The molecule has 0 saturated heterocycles. The van der Waals surface area contributed by atoms with Gasteiger partial charge in [0.1, 0.15) is 17.0 Å². The maximum absolute atomic E-state index is 11.3. The summed E-state index contributed by atoms with van der Waals surface area (Å²) in [7, 11) is 0. The Kier molecular flexibility index (Phi) is 4.41. The van der Waals surface area contributed by atoms with Gasteiger partial charge < -0.3 is 10.1 Å². The summed E-state index contributed by atoms with van der Waals surface area (Å²) < 4.78 is 6.37. The van der Waals surface area contributed by atoms with Gasteiger partial charge in [0, 0.05) is 23.9 Å². The van der Waals surface area contributed by atoms with Gasteiger partial charge in [0.15, 0.2) is 0 Å². The van der Waals surface area contributed by atoms with Crippen molar-refractivity contribution in [3.63, 3.8) is 0 Å². The monoisotopic (exact) mass is 376 g/mol. The molecule has 0 spiro atoms. The molecule has 4 rings (SSSR count). The molecule has 28 heavy (non-hydrogen) atoms. The second-order valence-corrected chi connectivity index (χ2v) is 7.75. The molecule has 2 heterocycles. The second kappa shape index (κ2) is 6.78.